The first-order chi connectivity index (χ1) is 13.1. The second-order valence-electron chi connectivity index (χ2n) is 6.67. The SMILES string of the molecule is COc1ccc2c(c1)C[C@@H](C(=O)Nc1sc3c(c1C#N)CCCC3)C(=O)O2. The lowest BCUT2D eigenvalue weighted by atomic mass is 9.94. The van der Waals surface area contributed by atoms with Gasteiger partial charge in [-0.2, -0.15) is 5.26 Å². The van der Waals surface area contributed by atoms with E-state index < -0.39 is 17.8 Å². The number of benzene rings is 1. The molecule has 27 heavy (non-hydrogen) atoms. The number of rotatable bonds is 3. The fourth-order valence-electron chi connectivity index (χ4n) is 3.60. The molecule has 1 aromatic heterocycles. The van der Waals surface area contributed by atoms with Crippen LogP contribution in [0.1, 0.15) is 34.4 Å². The molecule has 2 heterocycles. The van der Waals surface area contributed by atoms with Gasteiger partial charge < -0.3 is 14.8 Å². The van der Waals surface area contributed by atoms with Gasteiger partial charge in [0, 0.05) is 4.88 Å². The maximum atomic E-state index is 12.8. The van der Waals surface area contributed by atoms with Crippen molar-refractivity contribution in [3.05, 3.63) is 39.8 Å². The fourth-order valence-corrected chi connectivity index (χ4v) is 4.84. The molecular formula is C20H18N2O4S. The van der Waals surface area contributed by atoms with Crippen molar-refractivity contribution < 1.29 is 19.1 Å². The zero-order valence-corrected chi connectivity index (χ0v) is 15.6. The quantitative estimate of drug-likeness (QED) is 0.500. The van der Waals surface area contributed by atoms with Crippen molar-refractivity contribution in [2.75, 3.05) is 12.4 Å². The summed E-state index contributed by atoms with van der Waals surface area (Å²) in [6.07, 6.45) is 4.19. The number of nitriles is 1. The molecule has 1 N–H and O–H groups in total. The van der Waals surface area contributed by atoms with Gasteiger partial charge in [-0.05, 0) is 61.4 Å². The number of methoxy groups -OCH3 is 1. The van der Waals surface area contributed by atoms with E-state index in [0.717, 1.165) is 41.7 Å². The van der Waals surface area contributed by atoms with Crippen LogP contribution in [0, 0.1) is 17.2 Å². The Hall–Kier alpha value is -2.85. The third-order valence-electron chi connectivity index (χ3n) is 5.02. The van der Waals surface area contributed by atoms with Crippen molar-refractivity contribution in [3.8, 4) is 17.6 Å². The van der Waals surface area contributed by atoms with Crippen LogP contribution in [-0.2, 0) is 28.9 Å². The Morgan fingerprint density at radius 3 is 2.96 bits per heavy atom. The van der Waals surface area contributed by atoms with Crippen molar-refractivity contribution in [2.24, 2.45) is 5.92 Å². The molecule has 1 aliphatic heterocycles. The summed E-state index contributed by atoms with van der Waals surface area (Å²) in [6.45, 7) is 0. The van der Waals surface area contributed by atoms with Gasteiger partial charge in [-0.15, -0.1) is 11.3 Å². The zero-order valence-electron chi connectivity index (χ0n) is 14.8. The third kappa shape index (κ3) is 3.17. The van der Waals surface area contributed by atoms with E-state index >= 15 is 0 Å². The number of ether oxygens (including phenoxy) is 2. The number of thiophene rings is 1. The number of esters is 1. The summed E-state index contributed by atoms with van der Waals surface area (Å²) in [5, 5.41) is 12.9. The molecular weight excluding hydrogens is 364 g/mol. The number of carbonyl (C=O) groups is 2. The minimum atomic E-state index is -0.949. The van der Waals surface area contributed by atoms with Gasteiger partial charge in [-0.3, -0.25) is 9.59 Å². The van der Waals surface area contributed by atoms with E-state index in [0.29, 0.717) is 22.1 Å². The predicted molar refractivity (Wildman–Crippen MR) is 100 cm³/mol. The van der Waals surface area contributed by atoms with E-state index in [9.17, 15) is 14.9 Å². The summed E-state index contributed by atoms with van der Waals surface area (Å²) in [5.74, 6) is -0.874. The number of nitrogens with zero attached hydrogens (tertiary/aromatic N) is 1. The number of nitrogens with one attached hydrogen (secondary N) is 1. The minimum absolute atomic E-state index is 0.240. The highest BCUT2D eigenvalue weighted by atomic mass is 32.1. The summed E-state index contributed by atoms with van der Waals surface area (Å²) in [4.78, 5) is 26.3. The molecule has 2 aromatic rings. The number of carbonyl (C=O) groups excluding carboxylic acids is 2. The van der Waals surface area contributed by atoms with Crippen molar-refractivity contribution >= 4 is 28.2 Å². The smallest absolute Gasteiger partial charge is 0.324 e. The van der Waals surface area contributed by atoms with Crippen molar-refractivity contribution in [1.29, 1.82) is 5.26 Å². The number of aryl methyl sites for hydroxylation is 1. The molecule has 138 valence electrons. The largest absolute Gasteiger partial charge is 0.497 e. The molecule has 0 radical (unpaired) electrons. The average molecular weight is 382 g/mol. The molecule has 0 bridgehead atoms. The van der Waals surface area contributed by atoms with Crippen LogP contribution >= 0.6 is 11.3 Å². The number of hydrogen-bond acceptors (Lipinski definition) is 6. The third-order valence-corrected chi connectivity index (χ3v) is 6.23. The fraction of sp³-hybridized carbons (Fsp3) is 0.350. The maximum absolute atomic E-state index is 12.8. The first kappa shape index (κ1) is 17.6. The monoisotopic (exact) mass is 382 g/mol. The molecule has 0 spiro atoms. The van der Waals surface area contributed by atoms with Gasteiger partial charge in [-0.25, -0.2) is 0 Å². The van der Waals surface area contributed by atoms with E-state index in [1.807, 2.05) is 0 Å². The molecule has 0 saturated carbocycles. The summed E-state index contributed by atoms with van der Waals surface area (Å²) >= 11 is 1.45. The summed E-state index contributed by atoms with van der Waals surface area (Å²) < 4.78 is 10.5. The molecule has 1 aromatic carbocycles. The Bertz CT molecular complexity index is 973. The molecule has 0 saturated heterocycles. The Morgan fingerprint density at radius 1 is 1.37 bits per heavy atom. The summed E-state index contributed by atoms with van der Waals surface area (Å²) in [6, 6.07) is 7.37. The van der Waals surface area contributed by atoms with E-state index in [-0.39, 0.29) is 6.42 Å². The molecule has 1 atom stereocenters. The van der Waals surface area contributed by atoms with Gasteiger partial charge >= 0.3 is 5.97 Å². The molecule has 4 rings (SSSR count). The Labute approximate surface area is 160 Å². The average Bonchev–Trinajstić information content (AvgIpc) is 3.03. The lowest BCUT2D eigenvalue weighted by molar-refractivity contribution is -0.144. The normalized spacial score (nSPS) is 17.9. The van der Waals surface area contributed by atoms with Gasteiger partial charge in [-0.1, -0.05) is 0 Å². The Kier molecular flexibility index (Phi) is 4.58. The van der Waals surface area contributed by atoms with Crippen molar-refractivity contribution in [2.45, 2.75) is 32.1 Å². The minimum Gasteiger partial charge on any atom is -0.497 e. The van der Waals surface area contributed by atoms with Crippen LogP contribution in [-0.4, -0.2) is 19.0 Å². The van der Waals surface area contributed by atoms with Crippen LogP contribution in [0.3, 0.4) is 0 Å². The lowest BCUT2D eigenvalue weighted by Crippen LogP contribution is -2.37. The van der Waals surface area contributed by atoms with Gasteiger partial charge in [0.25, 0.3) is 0 Å². The molecule has 0 unspecified atom stereocenters. The summed E-state index contributed by atoms with van der Waals surface area (Å²) in [5.41, 5.74) is 2.33. The highest BCUT2D eigenvalue weighted by Crippen LogP contribution is 2.38. The molecule has 6 nitrogen and oxygen atoms in total. The van der Waals surface area contributed by atoms with Gasteiger partial charge in [0.2, 0.25) is 5.91 Å². The van der Waals surface area contributed by atoms with E-state index in [1.165, 1.54) is 11.3 Å². The molecule has 2 aliphatic rings. The molecule has 1 aliphatic carbocycles. The standard InChI is InChI=1S/C20H18N2O4S/c1-25-12-6-7-16-11(8-12)9-14(20(24)26-16)18(23)22-19-15(10-21)13-4-2-3-5-17(13)27-19/h6-8,14H,2-5,9H2,1H3,(H,22,23)/t14-/m0/s1. The van der Waals surface area contributed by atoms with Gasteiger partial charge in [0.05, 0.1) is 12.7 Å². The van der Waals surface area contributed by atoms with Gasteiger partial charge in [0.15, 0.2) is 0 Å². The second kappa shape index (κ2) is 7.05. The number of amides is 1. The van der Waals surface area contributed by atoms with Crippen LogP contribution in [0.2, 0.25) is 0 Å². The Morgan fingerprint density at radius 2 is 2.19 bits per heavy atom. The van der Waals surface area contributed by atoms with E-state index in [1.54, 1.807) is 25.3 Å². The van der Waals surface area contributed by atoms with Gasteiger partial charge in [0.1, 0.15) is 28.5 Å². The Balaban J connectivity index is 1.58. The van der Waals surface area contributed by atoms with Crippen LogP contribution in [0.5, 0.6) is 11.5 Å². The highest BCUT2D eigenvalue weighted by Gasteiger charge is 2.35. The lowest BCUT2D eigenvalue weighted by Gasteiger charge is -2.23. The molecule has 1 amide bonds. The van der Waals surface area contributed by atoms with Crippen LogP contribution in [0.4, 0.5) is 5.00 Å². The molecule has 0 fully saturated rings. The number of anilines is 1. The van der Waals surface area contributed by atoms with E-state index in [4.69, 9.17) is 9.47 Å². The number of fused-ring (bicyclic) bond motifs is 2. The second-order valence-corrected chi connectivity index (χ2v) is 7.77. The maximum Gasteiger partial charge on any atom is 0.324 e. The van der Waals surface area contributed by atoms with Crippen LogP contribution < -0.4 is 14.8 Å². The number of hydrogen-bond donors (Lipinski definition) is 1. The van der Waals surface area contributed by atoms with E-state index in [2.05, 4.69) is 11.4 Å². The van der Waals surface area contributed by atoms with Crippen LogP contribution in [0.25, 0.3) is 0 Å². The van der Waals surface area contributed by atoms with Crippen molar-refractivity contribution in [3.63, 3.8) is 0 Å². The first-order valence-corrected chi connectivity index (χ1v) is 9.66. The highest BCUT2D eigenvalue weighted by molar-refractivity contribution is 7.16. The summed E-state index contributed by atoms with van der Waals surface area (Å²) in [7, 11) is 1.56. The topological polar surface area (TPSA) is 88.4 Å². The zero-order chi connectivity index (χ0) is 19.0. The van der Waals surface area contributed by atoms with Crippen LogP contribution in [0.15, 0.2) is 18.2 Å². The predicted octanol–water partition coefficient (Wildman–Crippen LogP) is 3.22. The van der Waals surface area contributed by atoms with Crippen molar-refractivity contribution in [1.82, 2.24) is 0 Å². The molecule has 7 heteroatoms. The first-order valence-electron chi connectivity index (χ1n) is 8.85.